The maximum absolute atomic E-state index is 12.1. The number of nitrogens with zero attached hydrogens (tertiary/aromatic N) is 2. The quantitative estimate of drug-likeness (QED) is 0.828. The van der Waals surface area contributed by atoms with Crippen molar-refractivity contribution < 1.29 is 8.42 Å². The number of rotatable bonds is 3. The van der Waals surface area contributed by atoms with E-state index in [0.717, 1.165) is 19.3 Å². The third-order valence-electron chi connectivity index (χ3n) is 2.97. The molecule has 0 bridgehead atoms. The molecule has 0 saturated heterocycles. The first-order chi connectivity index (χ1) is 7.92. The Morgan fingerprint density at radius 1 is 1.59 bits per heavy atom. The van der Waals surface area contributed by atoms with Gasteiger partial charge in [-0.15, -0.1) is 0 Å². The van der Waals surface area contributed by atoms with Crippen LogP contribution >= 0.6 is 11.6 Å². The van der Waals surface area contributed by atoms with Gasteiger partial charge in [-0.05, 0) is 12.8 Å². The fraction of sp³-hybridized carbons (Fsp3) is 0.667. The summed E-state index contributed by atoms with van der Waals surface area (Å²) in [6.45, 7) is 0. The summed E-state index contributed by atoms with van der Waals surface area (Å²) in [4.78, 5) is 0. The lowest BCUT2D eigenvalue weighted by Gasteiger charge is -2.17. The van der Waals surface area contributed by atoms with Crippen LogP contribution in [0.2, 0.25) is 5.02 Å². The molecule has 1 aliphatic rings. The number of hydrogen-bond acceptors (Lipinski definition) is 4. The van der Waals surface area contributed by atoms with Crippen molar-refractivity contribution in [3.05, 3.63) is 11.2 Å². The van der Waals surface area contributed by atoms with E-state index < -0.39 is 10.0 Å². The van der Waals surface area contributed by atoms with E-state index in [9.17, 15) is 8.42 Å². The molecule has 0 spiro atoms. The third-order valence-corrected chi connectivity index (χ3v) is 4.97. The van der Waals surface area contributed by atoms with Crippen LogP contribution < -0.4 is 10.5 Å². The Hall–Kier alpha value is -0.630. The molecule has 0 aromatic carbocycles. The van der Waals surface area contributed by atoms with Crippen molar-refractivity contribution >= 4 is 21.6 Å². The maximum atomic E-state index is 12.1. The van der Waals surface area contributed by atoms with Crippen molar-refractivity contribution in [3.8, 4) is 0 Å². The molecule has 0 amide bonds. The highest BCUT2D eigenvalue weighted by Gasteiger charge is 2.31. The minimum Gasteiger partial charge on any atom is -0.326 e. The molecule has 6 nitrogen and oxygen atoms in total. The predicted molar refractivity (Wildman–Crippen MR) is 64.2 cm³/mol. The summed E-state index contributed by atoms with van der Waals surface area (Å²) in [7, 11) is -2.12. The van der Waals surface area contributed by atoms with Gasteiger partial charge in [-0.25, -0.2) is 13.1 Å². The van der Waals surface area contributed by atoms with Gasteiger partial charge in [0.05, 0.1) is 11.2 Å². The van der Waals surface area contributed by atoms with E-state index in [4.69, 9.17) is 17.3 Å². The van der Waals surface area contributed by atoms with Crippen LogP contribution in [0.3, 0.4) is 0 Å². The summed E-state index contributed by atoms with van der Waals surface area (Å²) in [5.74, 6) is 0. The highest BCUT2D eigenvalue weighted by Crippen LogP contribution is 2.23. The molecule has 0 radical (unpaired) electrons. The van der Waals surface area contributed by atoms with E-state index in [0.29, 0.717) is 0 Å². The molecule has 1 aromatic rings. The first kappa shape index (κ1) is 12.8. The first-order valence-corrected chi connectivity index (χ1v) is 7.23. The van der Waals surface area contributed by atoms with Gasteiger partial charge in [-0.1, -0.05) is 18.0 Å². The molecule has 2 rings (SSSR count). The first-order valence-electron chi connectivity index (χ1n) is 5.37. The highest BCUT2D eigenvalue weighted by molar-refractivity contribution is 7.89. The minimum absolute atomic E-state index is 0.0155. The maximum Gasteiger partial charge on any atom is 0.259 e. The normalized spacial score (nSPS) is 25.4. The van der Waals surface area contributed by atoms with Crippen LogP contribution in [0, 0.1) is 0 Å². The molecule has 2 atom stereocenters. The average Bonchev–Trinajstić information content (AvgIpc) is 2.74. The van der Waals surface area contributed by atoms with E-state index in [1.807, 2.05) is 0 Å². The Morgan fingerprint density at radius 3 is 2.76 bits per heavy atom. The van der Waals surface area contributed by atoms with Crippen LogP contribution in [0.4, 0.5) is 0 Å². The molecule has 1 heterocycles. The van der Waals surface area contributed by atoms with Crippen molar-refractivity contribution in [1.29, 1.82) is 0 Å². The second-order valence-electron chi connectivity index (χ2n) is 4.24. The summed E-state index contributed by atoms with van der Waals surface area (Å²) in [6.07, 6.45) is 3.85. The van der Waals surface area contributed by atoms with Gasteiger partial charge in [0.2, 0.25) is 0 Å². The monoisotopic (exact) mass is 278 g/mol. The standard InChI is InChI=1S/C9H15ClN4O2S/c1-14-9(6(10)5-12-14)17(15,16)13-8-4-2-3-7(8)11/h5,7-8,13H,2-4,11H2,1H3. The molecule has 1 fully saturated rings. The number of halogens is 1. The number of aromatic nitrogens is 2. The van der Waals surface area contributed by atoms with Gasteiger partial charge in [-0.3, -0.25) is 4.68 Å². The van der Waals surface area contributed by atoms with Crippen molar-refractivity contribution in [2.75, 3.05) is 0 Å². The van der Waals surface area contributed by atoms with Crippen LogP contribution in [-0.4, -0.2) is 30.3 Å². The molecular formula is C9H15ClN4O2S. The number of hydrogen-bond donors (Lipinski definition) is 2. The lowest BCUT2D eigenvalue weighted by molar-refractivity contribution is 0.513. The van der Waals surface area contributed by atoms with E-state index >= 15 is 0 Å². The highest BCUT2D eigenvalue weighted by atomic mass is 35.5. The topological polar surface area (TPSA) is 90.0 Å². The lowest BCUT2D eigenvalue weighted by Crippen LogP contribution is -2.44. The number of aryl methyl sites for hydroxylation is 1. The average molecular weight is 279 g/mol. The Morgan fingerprint density at radius 2 is 2.29 bits per heavy atom. The van der Waals surface area contributed by atoms with Gasteiger partial charge in [0.1, 0.15) is 0 Å². The van der Waals surface area contributed by atoms with Gasteiger partial charge in [-0.2, -0.15) is 5.10 Å². The molecule has 1 aromatic heterocycles. The summed E-state index contributed by atoms with van der Waals surface area (Å²) < 4.78 is 28.1. The van der Waals surface area contributed by atoms with Crippen molar-refractivity contribution in [2.45, 2.75) is 36.4 Å². The van der Waals surface area contributed by atoms with Crippen LogP contribution in [0.25, 0.3) is 0 Å². The van der Waals surface area contributed by atoms with Gasteiger partial charge >= 0.3 is 0 Å². The fourth-order valence-corrected chi connectivity index (χ4v) is 4.07. The molecule has 1 aliphatic carbocycles. The van der Waals surface area contributed by atoms with Gasteiger partial charge in [0.15, 0.2) is 5.03 Å². The van der Waals surface area contributed by atoms with E-state index in [1.54, 1.807) is 0 Å². The number of sulfonamides is 1. The Bertz CT molecular complexity index is 494. The molecule has 8 heteroatoms. The van der Waals surface area contributed by atoms with E-state index in [2.05, 4.69) is 9.82 Å². The summed E-state index contributed by atoms with van der Waals surface area (Å²) >= 11 is 5.82. The lowest BCUT2D eigenvalue weighted by atomic mass is 10.2. The summed E-state index contributed by atoms with van der Waals surface area (Å²) in [5.41, 5.74) is 5.83. The predicted octanol–water partition coefficient (Wildman–Crippen LogP) is 0.232. The summed E-state index contributed by atoms with van der Waals surface area (Å²) in [6, 6.07) is -0.345. The second-order valence-corrected chi connectivity index (χ2v) is 6.28. The zero-order chi connectivity index (χ0) is 12.6. The third kappa shape index (κ3) is 2.47. The van der Waals surface area contributed by atoms with Crippen molar-refractivity contribution in [1.82, 2.24) is 14.5 Å². The van der Waals surface area contributed by atoms with Crippen LogP contribution in [0.5, 0.6) is 0 Å². The van der Waals surface area contributed by atoms with Crippen LogP contribution in [-0.2, 0) is 17.1 Å². The molecule has 2 unspecified atom stereocenters. The van der Waals surface area contributed by atoms with E-state index in [1.165, 1.54) is 17.9 Å². The second kappa shape index (κ2) is 4.56. The molecule has 0 aliphatic heterocycles. The van der Waals surface area contributed by atoms with Crippen molar-refractivity contribution in [3.63, 3.8) is 0 Å². The zero-order valence-corrected chi connectivity index (χ0v) is 11.0. The van der Waals surface area contributed by atoms with Gasteiger partial charge in [0.25, 0.3) is 10.0 Å². The van der Waals surface area contributed by atoms with Crippen LogP contribution in [0.15, 0.2) is 11.2 Å². The largest absolute Gasteiger partial charge is 0.326 e. The molecule has 1 saturated carbocycles. The smallest absolute Gasteiger partial charge is 0.259 e. The Kier molecular flexibility index (Phi) is 3.44. The fourth-order valence-electron chi connectivity index (χ4n) is 2.09. The van der Waals surface area contributed by atoms with Crippen LogP contribution in [0.1, 0.15) is 19.3 Å². The van der Waals surface area contributed by atoms with Gasteiger partial charge < -0.3 is 5.73 Å². The Balaban J connectivity index is 2.25. The molecule has 17 heavy (non-hydrogen) atoms. The Labute approximate surface area is 105 Å². The molecule has 3 N–H and O–H groups in total. The molecule has 96 valence electrons. The zero-order valence-electron chi connectivity index (χ0n) is 9.43. The van der Waals surface area contributed by atoms with E-state index in [-0.39, 0.29) is 22.1 Å². The van der Waals surface area contributed by atoms with Gasteiger partial charge in [0, 0.05) is 19.1 Å². The molecular weight excluding hydrogens is 264 g/mol. The number of nitrogens with two attached hydrogens (primary N) is 1. The number of nitrogens with one attached hydrogen (secondary N) is 1. The minimum atomic E-state index is -3.66. The SMILES string of the molecule is Cn1ncc(Cl)c1S(=O)(=O)NC1CCCC1N. The summed E-state index contributed by atoms with van der Waals surface area (Å²) in [5, 5.41) is 3.91. The van der Waals surface area contributed by atoms with Crippen molar-refractivity contribution in [2.24, 2.45) is 12.8 Å².